The minimum absolute atomic E-state index is 0.201. The predicted molar refractivity (Wildman–Crippen MR) is 73.0 cm³/mol. The van der Waals surface area contributed by atoms with Crippen LogP contribution >= 0.6 is 0 Å². The number of fused-ring (bicyclic) bond motifs is 1. The number of ether oxygens (including phenoxy) is 2. The molecule has 0 bridgehead atoms. The van der Waals surface area contributed by atoms with Crippen LogP contribution in [0.3, 0.4) is 0 Å². The standard InChI is InChI=1S/C15H19NO4/c1-15(14(17)18,16-7-3-2-4-8-16)11-5-6-12-13(9-11)20-10-19-12/h5-6,9H,2-4,7-8,10H2,1H3,(H,17,18). The number of likely N-dealkylation sites (tertiary alicyclic amines) is 1. The lowest BCUT2D eigenvalue weighted by molar-refractivity contribution is -0.152. The van der Waals surface area contributed by atoms with Crippen molar-refractivity contribution in [1.29, 1.82) is 0 Å². The van der Waals surface area contributed by atoms with Gasteiger partial charge in [0, 0.05) is 0 Å². The Balaban J connectivity index is 1.99. The molecule has 1 N–H and O–H groups in total. The first-order valence-electron chi connectivity index (χ1n) is 7.01. The van der Waals surface area contributed by atoms with Gasteiger partial charge < -0.3 is 14.6 Å². The number of carboxylic acids is 1. The highest BCUT2D eigenvalue weighted by molar-refractivity contribution is 5.80. The maximum atomic E-state index is 11.9. The second-order valence-electron chi connectivity index (χ2n) is 5.49. The Bertz CT molecular complexity index is 525. The number of aliphatic carboxylic acids is 1. The van der Waals surface area contributed by atoms with Crippen LogP contribution in [0, 0.1) is 0 Å². The van der Waals surface area contributed by atoms with Gasteiger partial charge in [0.05, 0.1) is 0 Å². The fourth-order valence-corrected chi connectivity index (χ4v) is 2.98. The number of carbonyl (C=O) groups is 1. The van der Waals surface area contributed by atoms with Gasteiger partial charge in [0.2, 0.25) is 6.79 Å². The van der Waals surface area contributed by atoms with Gasteiger partial charge in [-0.3, -0.25) is 4.90 Å². The topological polar surface area (TPSA) is 59.0 Å². The molecule has 3 rings (SSSR count). The smallest absolute Gasteiger partial charge is 0.328 e. The Morgan fingerprint density at radius 2 is 1.90 bits per heavy atom. The monoisotopic (exact) mass is 277 g/mol. The molecule has 0 amide bonds. The average Bonchev–Trinajstić information content (AvgIpc) is 2.94. The lowest BCUT2D eigenvalue weighted by atomic mass is 9.88. The Labute approximate surface area is 118 Å². The molecule has 0 spiro atoms. The van der Waals surface area contributed by atoms with Gasteiger partial charge >= 0.3 is 5.97 Å². The molecule has 1 aromatic rings. The SMILES string of the molecule is CC(C(=O)O)(c1ccc2c(c1)OCO2)N1CCCCC1. The van der Waals surface area contributed by atoms with Crippen LogP contribution in [-0.4, -0.2) is 35.9 Å². The van der Waals surface area contributed by atoms with Crippen molar-refractivity contribution < 1.29 is 19.4 Å². The zero-order valence-electron chi connectivity index (χ0n) is 11.6. The molecule has 5 nitrogen and oxygen atoms in total. The molecule has 0 aliphatic carbocycles. The highest BCUT2D eigenvalue weighted by Gasteiger charge is 2.42. The summed E-state index contributed by atoms with van der Waals surface area (Å²) >= 11 is 0. The van der Waals surface area contributed by atoms with Crippen molar-refractivity contribution in [3.63, 3.8) is 0 Å². The summed E-state index contributed by atoms with van der Waals surface area (Å²) in [6.45, 7) is 3.61. The van der Waals surface area contributed by atoms with Gasteiger partial charge in [0.25, 0.3) is 0 Å². The van der Waals surface area contributed by atoms with Crippen molar-refractivity contribution >= 4 is 5.97 Å². The second-order valence-corrected chi connectivity index (χ2v) is 5.49. The predicted octanol–water partition coefficient (Wildman–Crippen LogP) is 2.20. The number of hydrogen-bond acceptors (Lipinski definition) is 4. The van der Waals surface area contributed by atoms with Gasteiger partial charge in [-0.15, -0.1) is 0 Å². The first-order chi connectivity index (χ1) is 9.62. The number of carboxylic acid groups (broad SMARTS) is 1. The summed E-state index contributed by atoms with van der Waals surface area (Å²) in [5.74, 6) is 0.491. The molecular formula is C15H19NO4. The molecule has 0 aromatic heterocycles. The molecule has 0 radical (unpaired) electrons. The van der Waals surface area contributed by atoms with E-state index in [0.717, 1.165) is 31.5 Å². The molecule has 1 fully saturated rings. The quantitative estimate of drug-likeness (QED) is 0.918. The van der Waals surface area contributed by atoms with Crippen molar-refractivity contribution in [1.82, 2.24) is 4.90 Å². The van der Waals surface area contributed by atoms with Crippen molar-refractivity contribution in [2.45, 2.75) is 31.7 Å². The molecule has 2 heterocycles. The van der Waals surface area contributed by atoms with Crippen LogP contribution in [0.4, 0.5) is 0 Å². The largest absolute Gasteiger partial charge is 0.480 e. The third-order valence-electron chi connectivity index (χ3n) is 4.34. The summed E-state index contributed by atoms with van der Waals surface area (Å²) < 4.78 is 10.7. The van der Waals surface area contributed by atoms with Crippen molar-refractivity contribution in [3.05, 3.63) is 23.8 Å². The van der Waals surface area contributed by atoms with Gasteiger partial charge in [0.1, 0.15) is 5.54 Å². The van der Waals surface area contributed by atoms with E-state index in [-0.39, 0.29) is 6.79 Å². The first-order valence-corrected chi connectivity index (χ1v) is 7.01. The Hall–Kier alpha value is -1.75. The minimum atomic E-state index is -1.01. The molecule has 2 aliphatic heterocycles. The molecule has 5 heteroatoms. The van der Waals surface area contributed by atoms with Crippen LogP contribution in [0.5, 0.6) is 11.5 Å². The van der Waals surface area contributed by atoms with Crippen LogP contribution < -0.4 is 9.47 Å². The fraction of sp³-hybridized carbons (Fsp3) is 0.533. The first kappa shape index (κ1) is 13.2. The third kappa shape index (κ3) is 2.02. The molecule has 108 valence electrons. The summed E-state index contributed by atoms with van der Waals surface area (Å²) in [6, 6.07) is 5.42. The van der Waals surface area contributed by atoms with Gasteiger partial charge in [-0.2, -0.15) is 0 Å². The van der Waals surface area contributed by atoms with E-state index < -0.39 is 11.5 Å². The van der Waals surface area contributed by atoms with Crippen LogP contribution in [0.25, 0.3) is 0 Å². The van der Waals surface area contributed by atoms with E-state index in [0.29, 0.717) is 11.5 Å². The molecule has 1 atom stereocenters. The summed E-state index contributed by atoms with van der Waals surface area (Å²) in [6.07, 6.45) is 3.27. The lowest BCUT2D eigenvalue weighted by Crippen LogP contribution is -2.51. The molecule has 1 unspecified atom stereocenters. The summed E-state index contributed by atoms with van der Waals surface area (Å²) in [7, 11) is 0. The van der Waals surface area contributed by atoms with E-state index in [4.69, 9.17) is 9.47 Å². The maximum absolute atomic E-state index is 11.9. The molecule has 0 saturated carbocycles. The van der Waals surface area contributed by atoms with E-state index in [1.54, 1.807) is 19.1 Å². The molecular weight excluding hydrogens is 258 g/mol. The Morgan fingerprint density at radius 1 is 1.20 bits per heavy atom. The number of benzene rings is 1. The van der Waals surface area contributed by atoms with Crippen LogP contribution in [-0.2, 0) is 10.3 Å². The molecule has 1 aromatic carbocycles. The lowest BCUT2D eigenvalue weighted by Gasteiger charge is -2.40. The third-order valence-corrected chi connectivity index (χ3v) is 4.34. The van der Waals surface area contributed by atoms with E-state index in [9.17, 15) is 9.90 Å². The van der Waals surface area contributed by atoms with Crippen molar-refractivity contribution in [2.24, 2.45) is 0 Å². The maximum Gasteiger partial charge on any atom is 0.328 e. The highest BCUT2D eigenvalue weighted by atomic mass is 16.7. The number of rotatable bonds is 3. The number of nitrogens with zero attached hydrogens (tertiary/aromatic N) is 1. The fourth-order valence-electron chi connectivity index (χ4n) is 2.98. The van der Waals surface area contributed by atoms with Crippen LogP contribution in [0.2, 0.25) is 0 Å². The Morgan fingerprint density at radius 3 is 2.60 bits per heavy atom. The molecule has 2 aliphatic rings. The second kappa shape index (κ2) is 4.98. The van der Waals surface area contributed by atoms with Gasteiger partial charge in [-0.25, -0.2) is 4.79 Å². The van der Waals surface area contributed by atoms with Gasteiger partial charge in [-0.1, -0.05) is 12.5 Å². The summed E-state index contributed by atoms with van der Waals surface area (Å²) in [4.78, 5) is 14.0. The molecule has 1 saturated heterocycles. The average molecular weight is 277 g/mol. The van der Waals surface area contributed by atoms with E-state index in [1.165, 1.54) is 6.42 Å². The highest BCUT2D eigenvalue weighted by Crippen LogP contribution is 2.38. The van der Waals surface area contributed by atoms with Gasteiger partial charge in [-0.05, 0) is 50.6 Å². The minimum Gasteiger partial charge on any atom is -0.480 e. The zero-order valence-corrected chi connectivity index (χ0v) is 11.6. The van der Waals surface area contributed by atoms with E-state index in [2.05, 4.69) is 4.90 Å². The zero-order chi connectivity index (χ0) is 14.2. The van der Waals surface area contributed by atoms with E-state index >= 15 is 0 Å². The number of hydrogen-bond donors (Lipinski definition) is 1. The van der Waals surface area contributed by atoms with Gasteiger partial charge in [0.15, 0.2) is 11.5 Å². The van der Waals surface area contributed by atoms with Crippen molar-refractivity contribution in [3.8, 4) is 11.5 Å². The van der Waals surface area contributed by atoms with Crippen LogP contribution in [0.1, 0.15) is 31.7 Å². The summed E-state index contributed by atoms with van der Waals surface area (Å²) in [5.41, 5.74) is -0.266. The summed E-state index contributed by atoms with van der Waals surface area (Å²) in [5, 5.41) is 9.77. The van der Waals surface area contributed by atoms with Crippen molar-refractivity contribution in [2.75, 3.05) is 19.9 Å². The van der Waals surface area contributed by atoms with Crippen LogP contribution in [0.15, 0.2) is 18.2 Å². The molecule has 20 heavy (non-hydrogen) atoms. The Kier molecular flexibility index (Phi) is 3.30. The normalized spacial score (nSPS) is 21.4. The number of piperidine rings is 1. The van der Waals surface area contributed by atoms with E-state index in [1.807, 2.05) is 6.07 Å².